The van der Waals surface area contributed by atoms with Crippen molar-refractivity contribution < 1.29 is 5.11 Å². The molecule has 0 heterocycles. The van der Waals surface area contributed by atoms with Crippen LogP contribution < -0.4 is 5.73 Å². The molecule has 0 spiro atoms. The van der Waals surface area contributed by atoms with E-state index in [0.717, 1.165) is 22.8 Å². The van der Waals surface area contributed by atoms with E-state index in [4.69, 9.17) is 17.3 Å². The van der Waals surface area contributed by atoms with Crippen LogP contribution in [-0.2, 0) is 5.75 Å². The summed E-state index contributed by atoms with van der Waals surface area (Å²) in [6.45, 7) is 4.41. The van der Waals surface area contributed by atoms with E-state index in [9.17, 15) is 5.11 Å². The normalized spacial score (nSPS) is 14.8. The highest BCUT2D eigenvalue weighted by atomic mass is 35.5. The van der Waals surface area contributed by atoms with Gasteiger partial charge in [0.25, 0.3) is 0 Å². The fraction of sp³-hybridized carbons (Fsp3) is 0.571. The van der Waals surface area contributed by atoms with Crippen LogP contribution in [0.4, 0.5) is 0 Å². The van der Waals surface area contributed by atoms with Gasteiger partial charge in [0.2, 0.25) is 0 Å². The van der Waals surface area contributed by atoms with Crippen LogP contribution in [0.3, 0.4) is 0 Å². The van der Waals surface area contributed by atoms with Crippen LogP contribution in [0, 0.1) is 5.92 Å². The van der Waals surface area contributed by atoms with E-state index in [1.54, 1.807) is 11.8 Å². The number of aliphatic hydroxyl groups excluding tert-OH is 1. The second kappa shape index (κ2) is 8.05. The Bertz CT molecular complexity index is 359. The second-order valence-electron chi connectivity index (χ2n) is 4.92. The SMILES string of the molecule is CC(C)CC(N)C(CO)SCc1ccccc1Cl. The van der Waals surface area contributed by atoms with E-state index in [1.807, 2.05) is 24.3 Å². The number of hydrogen-bond acceptors (Lipinski definition) is 3. The Balaban J connectivity index is 2.52. The summed E-state index contributed by atoms with van der Waals surface area (Å²) in [5.74, 6) is 1.34. The highest BCUT2D eigenvalue weighted by molar-refractivity contribution is 7.99. The molecule has 0 aliphatic heterocycles. The predicted molar refractivity (Wildman–Crippen MR) is 81.1 cm³/mol. The summed E-state index contributed by atoms with van der Waals surface area (Å²) in [7, 11) is 0. The van der Waals surface area contributed by atoms with Crippen molar-refractivity contribution in [3.63, 3.8) is 0 Å². The van der Waals surface area contributed by atoms with Crippen LogP contribution in [0.25, 0.3) is 0 Å². The molecule has 0 saturated carbocycles. The van der Waals surface area contributed by atoms with Gasteiger partial charge in [-0.1, -0.05) is 43.6 Å². The zero-order valence-electron chi connectivity index (χ0n) is 11.0. The number of aliphatic hydroxyl groups is 1. The number of rotatable bonds is 7. The van der Waals surface area contributed by atoms with Gasteiger partial charge >= 0.3 is 0 Å². The Morgan fingerprint density at radius 2 is 2.00 bits per heavy atom. The quantitative estimate of drug-likeness (QED) is 0.809. The van der Waals surface area contributed by atoms with Gasteiger partial charge in [-0.25, -0.2) is 0 Å². The first-order valence-corrected chi connectivity index (χ1v) is 7.68. The lowest BCUT2D eigenvalue weighted by atomic mass is 10.0. The summed E-state index contributed by atoms with van der Waals surface area (Å²) < 4.78 is 0. The van der Waals surface area contributed by atoms with Gasteiger partial charge < -0.3 is 10.8 Å². The molecule has 0 bridgehead atoms. The molecule has 0 aliphatic rings. The van der Waals surface area contributed by atoms with Gasteiger partial charge in [-0.05, 0) is 24.0 Å². The number of halogens is 1. The van der Waals surface area contributed by atoms with Gasteiger partial charge in [0.1, 0.15) is 0 Å². The average molecular weight is 288 g/mol. The Kier molecular flexibility index (Phi) is 7.08. The summed E-state index contributed by atoms with van der Waals surface area (Å²) in [4.78, 5) is 0. The fourth-order valence-electron chi connectivity index (χ4n) is 1.82. The smallest absolute Gasteiger partial charge is 0.0565 e. The molecule has 102 valence electrons. The standard InChI is InChI=1S/C14H22ClNOS/c1-10(2)7-13(16)14(8-17)18-9-11-5-3-4-6-12(11)15/h3-6,10,13-14,17H,7-9,16H2,1-2H3. The van der Waals surface area contributed by atoms with Gasteiger partial charge in [0.05, 0.1) is 6.61 Å². The van der Waals surface area contributed by atoms with Gasteiger partial charge in [0, 0.05) is 22.1 Å². The molecule has 0 amide bonds. The Morgan fingerprint density at radius 1 is 1.33 bits per heavy atom. The minimum atomic E-state index is 0.0301. The maximum absolute atomic E-state index is 9.42. The first-order chi connectivity index (χ1) is 8.54. The lowest BCUT2D eigenvalue weighted by Gasteiger charge is -2.23. The highest BCUT2D eigenvalue weighted by Crippen LogP contribution is 2.26. The van der Waals surface area contributed by atoms with E-state index >= 15 is 0 Å². The average Bonchev–Trinajstić information content (AvgIpc) is 2.31. The molecule has 0 fully saturated rings. The van der Waals surface area contributed by atoms with Crippen LogP contribution >= 0.6 is 23.4 Å². The third-order valence-electron chi connectivity index (χ3n) is 2.81. The third kappa shape index (κ3) is 5.19. The highest BCUT2D eigenvalue weighted by Gasteiger charge is 2.18. The molecule has 3 N–H and O–H groups in total. The first kappa shape index (κ1) is 15.8. The van der Waals surface area contributed by atoms with Crippen molar-refractivity contribution in [3.8, 4) is 0 Å². The molecular weight excluding hydrogens is 266 g/mol. The van der Waals surface area contributed by atoms with E-state index in [2.05, 4.69) is 13.8 Å². The molecule has 2 unspecified atom stereocenters. The van der Waals surface area contributed by atoms with E-state index in [1.165, 1.54) is 0 Å². The lowest BCUT2D eigenvalue weighted by Crippen LogP contribution is -2.36. The molecule has 2 atom stereocenters. The topological polar surface area (TPSA) is 46.2 Å². The van der Waals surface area contributed by atoms with E-state index < -0.39 is 0 Å². The van der Waals surface area contributed by atoms with Gasteiger partial charge in [0.15, 0.2) is 0 Å². The molecule has 4 heteroatoms. The molecule has 0 radical (unpaired) electrons. The van der Waals surface area contributed by atoms with Crippen molar-refractivity contribution in [1.82, 2.24) is 0 Å². The van der Waals surface area contributed by atoms with Crippen LogP contribution in [0.1, 0.15) is 25.8 Å². The molecule has 18 heavy (non-hydrogen) atoms. The monoisotopic (exact) mass is 287 g/mol. The summed E-state index contributed by atoms with van der Waals surface area (Å²) in [6.07, 6.45) is 0.931. The minimum absolute atomic E-state index is 0.0301. The van der Waals surface area contributed by atoms with Crippen molar-refractivity contribution >= 4 is 23.4 Å². The molecule has 0 saturated heterocycles. The summed E-state index contributed by atoms with van der Waals surface area (Å²) in [6, 6.07) is 7.83. The molecule has 2 nitrogen and oxygen atoms in total. The molecule has 0 aromatic heterocycles. The van der Waals surface area contributed by atoms with Gasteiger partial charge in [-0.2, -0.15) is 0 Å². The molecule has 0 aliphatic carbocycles. The molecule has 1 aromatic carbocycles. The Labute approximate surface area is 119 Å². The largest absolute Gasteiger partial charge is 0.395 e. The van der Waals surface area contributed by atoms with Gasteiger partial charge in [-0.3, -0.25) is 0 Å². The van der Waals surface area contributed by atoms with Crippen molar-refractivity contribution in [2.24, 2.45) is 11.7 Å². The minimum Gasteiger partial charge on any atom is -0.395 e. The summed E-state index contributed by atoms with van der Waals surface area (Å²) >= 11 is 7.79. The van der Waals surface area contributed by atoms with E-state index in [0.29, 0.717) is 5.92 Å². The van der Waals surface area contributed by atoms with Crippen molar-refractivity contribution in [2.45, 2.75) is 37.3 Å². The van der Waals surface area contributed by atoms with Crippen molar-refractivity contribution in [1.29, 1.82) is 0 Å². The zero-order chi connectivity index (χ0) is 13.5. The third-order valence-corrected chi connectivity index (χ3v) is 4.59. The molecular formula is C14H22ClNOS. The van der Waals surface area contributed by atoms with Gasteiger partial charge in [-0.15, -0.1) is 11.8 Å². The van der Waals surface area contributed by atoms with Crippen LogP contribution in [0.5, 0.6) is 0 Å². The summed E-state index contributed by atoms with van der Waals surface area (Å²) in [5, 5.41) is 10.3. The number of thioether (sulfide) groups is 1. The molecule has 1 aromatic rings. The Hall–Kier alpha value is -0.220. The zero-order valence-corrected chi connectivity index (χ0v) is 12.5. The predicted octanol–water partition coefficient (Wildman–Crippen LogP) is 3.31. The summed E-state index contributed by atoms with van der Waals surface area (Å²) in [5.41, 5.74) is 7.21. The van der Waals surface area contributed by atoms with Crippen molar-refractivity contribution in [2.75, 3.05) is 6.61 Å². The van der Waals surface area contributed by atoms with E-state index in [-0.39, 0.29) is 17.9 Å². The van der Waals surface area contributed by atoms with Crippen molar-refractivity contribution in [3.05, 3.63) is 34.9 Å². The number of nitrogens with two attached hydrogens (primary N) is 1. The number of hydrogen-bond donors (Lipinski definition) is 2. The second-order valence-corrected chi connectivity index (χ2v) is 6.55. The van der Waals surface area contributed by atoms with Crippen LogP contribution in [0.2, 0.25) is 5.02 Å². The first-order valence-electron chi connectivity index (χ1n) is 6.26. The maximum atomic E-state index is 9.42. The van der Waals surface area contributed by atoms with Crippen LogP contribution in [-0.4, -0.2) is 23.0 Å². The van der Waals surface area contributed by atoms with Crippen LogP contribution in [0.15, 0.2) is 24.3 Å². The molecule has 1 rings (SSSR count). The Morgan fingerprint density at radius 3 is 2.56 bits per heavy atom. The maximum Gasteiger partial charge on any atom is 0.0565 e. The lowest BCUT2D eigenvalue weighted by molar-refractivity contribution is 0.275. The number of benzene rings is 1. The fourth-order valence-corrected chi connectivity index (χ4v) is 3.21.